The van der Waals surface area contributed by atoms with Crippen LogP contribution in [0.25, 0.3) is 22.4 Å². The van der Waals surface area contributed by atoms with Gasteiger partial charge in [0, 0.05) is 38.4 Å². The Labute approximate surface area is 204 Å². The average Bonchev–Trinajstić information content (AvgIpc) is 3.23. The van der Waals surface area contributed by atoms with E-state index in [4.69, 9.17) is 4.98 Å². The van der Waals surface area contributed by atoms with Gasteiger partial charge in [0.2, 0.25) is 10.0 Å². The molecule has 0 spiro atoms. The van der Waals surface area contributed by atoms with E-state index in [0.717, 1.165) is 11.1 Å². The molecule has 3 aromatic rings. The van der Waals surface area contributed by atoms with Gasteiger partial charge >= 0.3 is 0 Å². The van der Waals surface area contributed by atoms with Crippen molar-refractivity contribution in [1.82, 2.24) is 14.2 Å². The molecule has 2 heterocycles. The molecule has 0 saturated heterocycles. The van der Waals surface area contributed by atoms with Crippen LogP contribution < -0.4 is 0 Å². The van der Waals surface area contributed by atoms with Gasteiger partial charge in [-0.05, 0) is 54.3 Å². The van der Waals surface area contributed by atoms with Crippen molar-refractivity contribution in [3.05, 3.63) is 77.2 Å². The Balaban J connectivity index is 1.93. The van der Waals surface area contributed by atoms with Gasteiger partial charge in [0.25, 0.3) is 5.91 Å². The Bertz CT molecular complexity index is 1360. The molecule has 1 aliphatic heterocycles. The number of halogens is 1. The van der Waals surface area contributed by atoms with E-state index < -0.39 is 16.1 Å². The predicted molar refractivity (Wildman–Crippen MR) is 133 cm³/mol. The molecule has 0 saturated carbocycles. The summed E-state index contributed by atoms with van der Waals surface area (Å²) in [4.78, 5) is 19.0. The van der Waals surface area contributed by atoms with Gasteiger partial charge in [-0.1, -0.05) is 30.3 Å². The highest BCUT2D eigenvalue weighted by Gasteiger charge is 2.40. The number of nitrogens with zero attached hydrogens (tertiary/aromatic N) is 3. The van der Waals surface area contributed by atoms with Gasteiger partial charge in [-0.15, -0.1) is 0 Å². The highest BCUT2D eigenvalue weighted by Crippen LogP contribution is 2.43. The molecule has 4 rings (SSSR count). The van der Waals surface area contributed by atoms with E-state index in [1.165, 1.54) is 21.3 Å². The Morgan fingerprint density at radius 3 is 2.43 bits per heavy atom. The van der Waals surface area contributed by atoms with Crippen molar-refractivity contribution in [2.45, 2.75) is 25.9 Å². The lowest BCUT2D eigenvalue weighted by molar-refractivity contribution is 0.0822. The van der Waals surface area contributed by atoms with E-state index in [1.54, 1.807) is 39.2 Å². The van der Waals surface area contributed by atoms with Gasteiger partial charge in [-0.3, -0.25) is 4.79 Å². The number of carbonyl (C=O) groups is 1. The standard InChI is InChI=1S/C26H28FN3O4S/c1-4-35(33,34)30-16-20-15-22(26(32)29(2)3)28-25(24(20)23(30)12-13-31)19-7-5-6-18(14-19)17-8-10-21(27)11-9-17/h5-11,14-15,23,31H,4,12-13,16H2,1-3H3/t23-/m0/s1. The zero-order valence-corrected chi connectivity index (χ0v) is 20.7. The van der Waals surface area contributed by atoms with Gasteiger partial charge in [0.1, 0.15) is 11.5 Å². The number of rotatable bonds is 7. The van der Waals surface area contributed by atoms with Crippen molar-refractivity contribution in [1.29, 1.82) is 0 Å². The fourth-order valence-electron chi connectivity index (χ4n) is 4.45. The molecule has 0 aliphatic carbocycles. The normalized spacial score (nSPS) is 15.7. The molecular formula is C26H28FN3O4S. The fourth-order valence-corrected chi connectivity index (χ4v) is 5.71. The first-order valence-corrected chi connectivity index (χ1v) is 13.0. The van der Waals surface area contributed by atoms with Crippen LogP contribution in [0.3, 0.4) is 0 Å². The lowest BCUT2D eigenvalue weighted by Gasteiger charge is -2.24. The molecule has 2 aromatic carbocycles. The molecule has 0 unspecified atom stereocenters. The summed E-state index contributed by atoms with van der Waals surface area (Å²) in [5, 5.41) is 9.77. The summed E-state index contributed by atoms with van der Waals surface area (Å²) in [7, 11) is -0.310. The Kier molecular flexibility index (Phi) is 7.02. The van der Waals surface area contributed by atoms with E-state index in [1.807, 2.05) is 24.3 Å². The fraction of sp³-hybridized carbons (Fsp3) is 0.308. The summed E-state index contributed by atoms with van der Waals surface area (Å²) in [6.45, 7) is 1.49. The number of benzene rings is 2. The quantitative estimate of drug-likeness (QED) is 0.536. The molecule has 1 aromatic heterocycles. The van der Waals surface area contributed by atoms with E-state index in [2.05, 4.69) is 0 Å². The minimum Gasteiger partial charge on any atom is -0.396 e. The number of hydrogen-bond acceptors (Lipinski definition) is 5. The van der Waals surface area contributed by atoms with Crippen LogP contribution in [0.15, 0.2) is 54.6 Å². The Morgan fingerprint density at radius 2 is 1.80 bits per heavy atom. The van der Waals surface area contributed by atoms with Crippen LogP contribution >= 0.6 is 0 Å². The molecule has 35 heavy (non-hydrogen) atoms. The summed E-state index contributed by atoms with van der Waals surface area (Å²) in [5.41, 5.74) is 4.46. The second kappa shape index (κ2) is 9.85. The largest absolute Gasteiger partial charge is 0.396 e. The summed E-state index contributed by atoms with van der Waals surface area (Å²) in [6, 6.07) is 14.7. The van der Waals surface area contributed by atoms with E-state index >= 15 is 0 Å². The molecule has 0 radical (unpaired) electrons. The first kappa shape index (κ1) is 25.0. The van der Waals surface area contributed by atoms with Gasteiger partial charge in [0.05, 0.1) is 17.5 Å². The van der Waals surface area contributed by atoms with Crippen LogP contribution in [0.2, 0.25) is 0 Å². The highest BCUT2D eigenvalue weighted by atomic mass is 32.2. The maximum Gasteiger partial charge on any atom is 0.271 e. The number of amides is 1. The number of hydrogen-bond donors (Lipinski definition) is 1. The minimum absolute atomic E-state index is 0.0742. The zero-order chi connectivity index (χ0) is 25.3. The number of aliphatic hydroxyl groups is 1. The zero-order valence-electron chi connectivity index (χ0n) is 19.9. The third kappa shape index (κ3) is 4.84. The third-order valence-corrected chi connectivity index (χ3v) is 8.04. The van der Waals surface area contributed by atoms with Crippen molar-refractivity contribution < 1.29 is 22.7 Å². The second-order valence-corrected chi connectivity index (χ2v) is 10.9. The average molecular weight is 498 g/mol. The van der Waals surface area contributed by atoms with E-state index in [-0.39, 0.29) is 42.7 Å². The molecule has 0 fully saturated rings. The molecule has 184 valence electrons. The smallest absolute Gasteiger partial charge is 0.271 e. The molecule has 0 bridgehead atoms. The number of fused-ring (bicyclic) bond motifs is 1. The maximum absolute atomic E-state index is 13.4. The number of sulfonamides is 1. The highest BCUT2D eigenvalue weighted by molar-refractivity contribution is 7.89. The number of carbonyl (C=O) groups excluding carboxylic acids is 1. The summed E-state index contributed by atoms with van der Waals surface area (Å²) in [5.74, 6) is -0.697. The molecule has 1 amide bonds. The summed E-state index contributed by atoms with van der Waals surface area (Å²) in [6.07, 6.45) is 0.208. The maximum atomic E-state index is 13.4. The first-order chi connectivity index (χ1) is 16.7. The van der Waals surface area contributed by atoms with E-state index in [0.29, 0.717) is 22.4 Å². The SMILES string of the molecule is CCS(=O)(=O)N1Cc2cc(C(=O)N(C)C)nc(-c3cccc(-c4ccc(F)cc4)c3)c2[C@@H]1CCO. The van der Waals surface area contributed by atoms with Crippen LogP contribution in [0.4, 0.5) is 4.39 Å². The second-order valence-electron chi connectivity index (χ2n) is 8.69. The Hall–Kier alpha value is -3.14. The molecule has 9 heteroatoms. The molecular weight excluding hydrogens is 469 g/mol. The van der Waals surface area contributed by atoms with Gasteiger partial charge in [0.15, 0.2) is 0 Å². The molecule has 1 N–H and O–H groups in total. The van der Waals surface area contributed by atoms with Crippen LogP contribution in [-0.2, 0) is 16.6 Å². The summed E-state index contributed by atoms with van der Waals surface area (Å²) >= 11 is 0. The van der Waals surface area contributed by atoms with Crippen molar-refractivity contribution >= 4 is 15.9 Å². The molecule has 1 atom stereocenters. The van der Waals surface area contributed by atoms with Crippen LogP contribution in [0, 0.1) is 5.82 Å². The predicted octanol–water partition coefficient (Wildman–Crippen LogP) is 3.85. The van der Waals surface area contributed by atoms with Gasteiger partial charge < -0.3 is 10.0 Å². The van der Waals surface area contributed by atoms with Gasteiger partial charge in [-0.25, -0.2) is 17.8 Å². The van der Waals surface area contributed by atoms with Gasteiger partial charge in [-0.2, -0.15) is 4.31 Å². The number of pyridine rings is 1. The third-order valence-electron chi connectivity index (χ3n) is 6.21. The topological polar surface area (TPSA) is 90.8 Å². The Morgan fingerprint density at radius 1 is 1.11 bits per heavy atom. The van der Waals surface area contributed by atoms with Crippen molar-refractivity contribution in [3.8, 4) is 22.4 Å². The first-order valence-electron chi connectivity index (χ1n) is 11.4. The van der Waals surface area contributed by atoms with Crippen molar-refractivity contribution in [2.75, 3.05) is 26.5 Å². The number of aromatic nitrogens is 1. The van der Waals surface area contributed by atoms with Crippen LogP contribution in [0.5, 0.6) is 0 Å². The lowest BCUT2D eigenvalue weighted by Crippen LogP contribution is -2.31. The monoisotopic (exact) mass is 497 g/mol. The van der Waals surface area contributed by atoms with Crippen LogP contribution in [0.1, 0.15) is 41.0 Å². The van der Waals surface area contributed by atoms with Crippen LogP contribution in [-0.4, -0.2) is 60.1 Å². The van der Waals surface area contributed by atoms with Crippen molar-refractivity contribution in [2.24, 2.45) is 0 Å². The summed E-state index contributed by atoms with van der Waals surface area (Å²) < 4.78 is 40.7. The number of aliphatic hydroxyl groups excluding tert-OH is 1. The van der Waals surface area contributed by atoms with E-state index in [9.17, 15) is 22.7 Å². The van der Waals surface area contributed by atoms with Crippen molar-refractivity contribution in [3.63, 3.8) is 0 Å². The lowest BCUT2D eigenvalue weighted by atomic mass is 9.94. The minimum atomic E-state index is -3.58. The molecule has 7 nitrogen and oxygen atoms in total. The molecule has 1 aliphatic rings.